The molecule has 57 heavy (non-hydrogen) atoms. The molecule has 0 aliphatic carbocycles. The molecule has 4 aromatic rings. The highest BCUT2D eigenvalue weighted by atomic mass is 16.7. The lowest BCUT2D eigenvalue weighted by Gasteiger charge is -2.38. The van der Waals surface area contributed by atoms with E-state index in [-0.39, 0.29) is 44.4 Å². The van der Waals surface area contributed by atoms with E-state index in [1.165, 1.54) is 26.4 Å². The first-order valence-electron chi connectivity index (χ1n) is 18.9. The van der Waals surface area contributed by atoms with Crippen molar-refractivity contribution in [1.29, 1.82) is 0 Å². The van der Waals surface area contributed by atoms with Crippen molar-refractivity contribution in [3.63, 3.8) is 0 Å². The minimum absolute atomic E-state index is 0.0424. The predicted octanol–water partition coefficient (Wildman–Crippen LogP) is 6.49. The molecule has 14 nitrogen and oxygen atoms in total. The van der Waals surface area contributed by atoms with Crippen LogP contribution in [0.2, 0.25) is 0 Å². The van der Waals surface area contributed by atoms with Gasteiger partial charge in [0.15, 0.2) is 12.0 Å². The van der Waals surface area contributed by atoms with Crippen molar-refractivity contribution < 1.29 is 53.8 Å². The number of aliphatic hydroxyl groups is 2. The molecule has 0 saturated carbocycles. The molecule has 0 fully saturated rings. The van der Waals surface area contributed by atoms with Gasteiger partial charge in [-0.3, -0.25) is 18.8 Å². The van der Waals surface area contributed by atoms with Crippen LogP contribution in [0.25, 0.3) is 27.5 Å². The van der Waals surface area contributed by atoms with Gasteiger partial charge >= 0.3 is 5.97 Å². The topological polar surface area (TPSA) is 198 Å². The number of phenolic OH excluding ortho intramolecular Hbond substituents is 2. The lowest BCUT2D eigenvalue weighted by Crippen LogP contribution is -2.46. The number of amides is 1. The number of imidazole rings is 1. The summed E-state index contributed by atoms with van der Waals surface area (Å²) in [6, 6.07) is 4.80. The zero-order valence-electron chi connectivity index (χ0n) is 33.9. The summed E-state index contributed by atoms with van der Waals surface area (Å²) in [5.41, 5.74) is 1.94. The zero-order valence-corrected chi connectivity index (χ0v) is 33.9. The molecule has 4 heterocycles. The van der Waals surface area contributed by atoms with E-state index in [4.69, 9.17) is 23.9 Å². The van der Waals surface area contributed by atoms with E-state index in [1.54, 1.807) is 89.4 Å². The fraction of sp³-hybridized carbons (Fsp3) is 0.442. The number of nitrogens with one attached hydrogen (secondary N) is 1. The van der Waals surface area contributed by atoms with E-state index in [1.807, 2.05) is 13.0 Å². The Morgan fingerprint density at radius 3 is 2.37 bits per heavy atom. The minimum Gasteiger partial charge on any atom is -0.507 e. The molecule has 0 saturated heterocycles. The van der Waals surface area contributed by atoms with Crippen molar-refractivity contribution in [2.45, 2.75) is 92.5 Å². The number of pyridine rings is 1. The molecule has 2 aromatic carbocycles. The van der Waals surface area contributed by atoms with Gasteiger partial charge in [-0.05, 0) is 37.6 Å². The summed E-state index contributed by atoms with van der Waals surface area (Å²) < 4.78 is 25.4. The molecule has 2 aliphatic rings. The van der Waals surface area contributed by atoms with Crippen molar-refractivity contribution in [3.8, 4) is 17.2 Å². The average molecular weight is 788 g/mol. The van der Waals surface area contributed by atoms with Gasteiger partial charge in [0.05, 0.1) is 35.5 Å². The van der Waals surface area contributed by atoms with E-state index in [2.05, 4.69) is 5.32 Å². The molecular weight excluding hydrogens is 734 g/mol. The summed E-state index contributed by atoms with van der Waals surface area (Å²) >= 11 is 0. The van der Waals surface area contributed by atoms with Crippen LogP contribution in [0.5, 0.6) is 17.2 Å². The second-order valence-electron chi connectivity index (χ2n) is 15.5. The number of aryl methyl sites for hydroxylation is 1. The Labute approximate surface area is 331 Å². The third-order valence-electron chi connectivity index (χ3n) is 10.8. The number of carbonyl (C=O) groups excluding carboxylic acids is 3. The molecule has 2 aromatic heterocycles. The first kappa shape index (κ1) is 42.7. The summed E-state index contributed by atoms with van der Waals surface area (Å²) in [7, 11) is 1.48. The second kappa shape index (κ2) is 17.0. The number of nitrogens with zero attached hydrogens (tertiary/aromatic N) is 2. The van der Waals surface area contributed by atoms with Gasteiger partial charge in [-0.1, -0.05) is 45.9 Å². The highest BCUT2D eigenvalue weighted by Gasteiger charge is 2.39. The number of ether oxygens (including phenoxy) is 4. The minimum atomic E-state index is -1.47. The Morgan fingerprint density at radius 2 is 1.72 bits per heavy atom. The van der Waals surface area contributed by atoms with Gasteiger partial charge in [0.25, 0.3) is 5.91 Å². The van der Waals surface area contributed by atoms with Crippen molar-refractivity contribution in [3.05, 3.63) is 71.7 Å². The van der Waals surface area contributed by atoms with E-state index < -0.39 is 77.3 Å². The smallest absolute Gasteiger partial charge is 0.302 e. The molecule has 4 bridgehead atoms. The number of benzene rings is 2. The normalized spacial score (nSPS) is 28.5. The van der Waals surface area contributed by atoms with Crippen LogP contribution < -0.4 is 10.1 Å². The molecule has 14 heteroatoms. The van der Waals surface area contributed by atoms with Crippen molar-refractivity contribution >= 4 is 51.3 Å². The highest BCUT2D eigenvalue weighted by Crippen LogP contribution is 2.49. The maximum absolute atomic E-state index is 13.7. The number of allylic oxidation sites excluding steroid dienone is 2. The van der Waals surface area contributed by atoms with Crippen molar-refractivity contribution in [2.24, 2.45) is 23.7 Å². The largest absolute Gasteiger partial charge is 0.507 e. The SMILES string of the molecule is CO[C@H]1/C=C/OC(C)(C)Oc2cc(O)c3c(O)c(c4c(nc5cc(C)ccn54)c3c2C=O)NC(=O)/C(C)=C\C=C\[C@H](C)[C@H](O)[C@@H](C)[C@@H](O)[C@@H](C)[C@H](OC(C)=O)[C@@H]1C. The number of hydrogen-bond acceptors (Lipinski definition) is 12. The van der Waals surface area contributed by atoms with E-state index >= 15 is 0 Å². The number of anilines is 1. The van der Waals surface area contributed by atoms with Gasteiger partial charge in [-0.15, -0.1) is 0 Å². The third kappa shape index (κ3) is 8.63. The van der Waals surface area contributed by atoms with Crippen molar-refractivity contribution in [1.82, 2.24) is 9.38 Å². The van der Waals surface area contributed by atoms with Crippen LogP contribution in [0.1, 0.15) is 71.3 Å². The Bertz CT molecular complexity index is 2270. The number of carbonyl (C=O) groups is 3. The predicted molar refractivity (Wildman–Crippen MR) is 215 cm³/mol. The summed E-state index contributed by atoms with van der Waals surface area (Å²) in [5.74, 6) is -5.94. The monoisotopic (exact) mass is 787 g/mol. The van der Waals surface area contributed by atoms with E-state index in [9.17, 15) is 34.8 Å². The number of hydrogen-bond donors (Lipinski definition) is 5. The number of fused-ring (bicyclic) bond motifs is 17. The maximum Gasteiger partial charge on any atom is 0.302 e. The van der Waals surface area contributed by atoms with Gasteiger partial charge in [0, 0.05) is 74.8 Å². The summed E-state index contributed by atoms with van der Waals surface area (Å²) in [6.45, 7) is 14.9. The van der Waals surface area contributed by atoms with Crippen LogP contribution in [-0.4, -0.2) is 85.3 Å². The van der Waals surface area contributed by atoms with Gasteiger partial charge < -0.3 is 44.7 Å². The Kier molecular flexibility index (Phi) is 12.7. The van der Waals surface area contributed by atoms with E-state index in [0.717, 1.165) is 5.56 Å². The van der Waals surface area contributed by atoms with Gasteiger partial charge in [0.1, 0.15) is 40.0 Å². The number of phenols is 2. The Morgan fingerprint density at radius 1 is 1.02 bits per heavy atom. The number of aromatic hydroxyl groups is 2. The Balaban J connectivity index is 1.72. The van der Waals surface area contributed by atoms with Crippen LogP contribution in [0.4, 0.5) is 5.69 Å². The molecule has 0 radical (unpaired) electrons. The standard InChI is InChI=1S/C43H53N3O11/c1-21-14-16-46-32(18-21)44-35-33-28(20-47)31-19-29(49)34(33)40(52)36(37(35)46)45-42(53)23(3)13-11-12-22(2)38(50)25(5)39(51)26(6)41(56-27(7)48)24(4)30(54-10)15-17-55-43(8,9)57-31/h11-20,22,24-26,30,38-39,41,49-52H,1-10H3,(H,45,53)/b12-11+,17-15+,23-13-/t22-,24+,25+,26+,30-,38-,39+,41+/m0/s1. The fourth-order valence-electron chi connectivity index (χ4n) is 7.50. The lowest BCUT2D eigenvalue weighted by molar-refractivity contribution is -0.160. The van der Waals surface area contributed by atoms with Crippen LogP contribution >= 0.6 is 0 Å². The first-order valence-corrected chi connectivity index (χ1v) is 18.9. The molecule has 306 valence electrons. The zero-order chi connectivity index (χ0) is 42.1. The van der Waals surface area contributed by atoms with Crippen LogP contribution in [-0.2, 0) is 23.8 Å². The molecule has 2 aliphatic heterocycles. The number of aromatic nitrogens is 2. The molecule has 1 amide bonds. The number of esters is 1. The lowest BCUT2D eigenvalue weighted by atomic mass is 9.78. The van der Waals surface area contributed by atoms with Gasteiger partial charge in [0.2, 0.25) is 5.79 Å². The fourth-order valence-corrected chi connectivity index (χ4v) is 7.50. The average Bonchev–Trinajstić information content (AvgIpc) is 3.53. The van der Waals surface area contributed by atoms with Gasteiger partial charge in [-0.25, -0.2) is 4.98 Å². The summed E-state index contributed by atoms with van der Waals surface area (Å²) in [4.78, 5) is 43.8. The second-order valence-corrected chi connectivity index (χ2v) is 15.5. The first-order chi connectivity index (χ1) is 26.8. The molecule has 0 spiro atoms. The molecule has 0 unspecified atom stereocenters. The van der Waals surface area contributed by atoms with Gasteiger partial charge in [-0.2, -0.15) is 0 Å². The van der Waals surface area contributed by atoms with Crippen LogP contribution in [0.3, 0.4) is 0 Å². The maximum atomic E-state index is 13.7. The summed E-state index contributed by atoms with van der Waals surface area (Å²) in [6.07, 6.45) is 6.40. The molecule has 8 atom stereocenters. The highest BCUT2D eigenvalue weighted by molar-refractivity contribution is 6.24. The van der Waals surface area contributed by atoms with Crippen molar-refractivity contribution in [2.75, 3.05) is 12.4 Å². The van der Waals surface area contributed by atoms with Crippen LogP contribution in [0, 0.1) is 30.6 Å². The Hall–Kier alpha value is -5.44. The molecule has 6 rings (SSSR count). The molecule has 5 N–H and O–H groups in total. The third-order valence-corrected chi connectivity index (χ3v) is 10.8. The number of methoxy groups -OCH3 is 1. The number of aldehydes is 1. The quantitative estimate of drug-likeness (QED) is 0.0862. The number of rotatable bonds is 3. The molecular formula is C43H53N3O11. The van der Waals surface area contributed by atoms with E-state index in [0.29, 0.717) is 11.9 Å². The summed E-state index contributed by atoms with van der Waals surface area (Å²) in [5, 5.41) is 48.9. The number of aliphatic hydroxyl groups excluding tert-OH is 2. The van der Waals surface area contributed by atoms with Crippen LogP contribution in [0.15, 0.2) is 60.5 Å².